The molecule has 5 nitrogen and oxygen atoms in total. The lowest BCUT2D eigenvalue weighted by molar-refractivity contribution is 0.0951. The molecule has 1 aromatic heterocycles. The first-order chi connectivity index (χ1) is 11.8. The molecule has 1 aromatic carbocycles. The van der Waals surface area contributed by atoms with Gasteiger partial charge in [0.25, 0.3) is 5.91 Å². The second-order valence-electron chi connectivity index (χ2n) is 6.15. The molecule has 1 aliphatic heterocycles. The molecule has 0 unspecified atom stereocenters. The number of benzene rings is 1. The Balaban J connectivity index is 0.00000225. The fraction of sp³-hybridized carbons (Fsp3) is 0.368. The summed E-state index contributed by atoms with van der Waals surface area (Å²) in [6.07, 6.45) is 5.57. The van der Waals surface area contributed by atoms with Gasteiger partial charge in [0.05, 0.1) is 0 Å². The number of rotatable bonds is 5. The Labute approximate surface area is 155 Å². The third kappa shape index (κ3) is 5.18. The third-order valence-corrected chi connectivity index (χ3v) is 4.39. The van der Waals surface area contributed by atoms with E-state index in [9.17, 15) is 4.79 Å². The highest BCUT2D eigenvalue weighted by atomic mass is 35.5. The maximum Gasteiger partial charge on any atom is 0.251 e. The zero-order chi connectivity index (χ0) is 16.8. The molecule has 2 heterocycles. The number of halogens is 1. The van der Waals surface area contributed by atoms with E-state index in [0.717, 1.165) is 30.0 Å². The predicted octanol–water partition coefficient (Wildman–Crippen LogP) is 2.88. The van der Waals surface area contributed by atoms with E-state index in [-0.39, 0.29) is 18.3 Å². The topological polar surface area (TPSA) is 71.2 Å². The Morgan fingerprint density at radius 3 is 2.48 bits per heavy atom. The molecule has 0 saturated carbocycles. The van der Waals surface area contributed by atoms with Crippen LogP contribution in [0.5, 0.6) is 0 Å². The SMILES string of the molecule is Cl.NCc1ccc(C(=O)NCc2ccnc(N3CCCCC3)c2)cc1. The Morgan fingerprint density at radius 1 is 1.08 bits per heavy atom. The van der Waals surface area contributed by atoms with E-state index in [0.29, 0.717) is 18.7 Å². The van der Waals surface area contributed by atoms with Crippen molar-refractivity contribution in [3.05, 3.63) is 59.3 Å². The van der Waals surface area contributed by atoms with Crippen molar-refractivity contribution in [3.63, 3.8) is 0 Å². The van der Waals surface area contributed by atoms with Crippen LogP contribution in [0.15, 0.2) is 42.6 Å². The lowest BCUT2D eigenvalue weighted by Crippen LogP contribution is -2.30. The smallest absolute Gasteiger partial charge is 0.251 e. The summed E-state index contributed by atoms with van der Waals surface area (Å²) in [5.74, 6) is 0.934. The van der Waals surface area contributed by atoms with Gasteiger partial charge in [0.15, 0.2) is 0 Å². The molecule has 0 aliphatic carbocycles. The van der Waals surface area contributed by atoms with Gasteiger partial charge in [-0.25, -0.2) is 4.98 Å². The number of nitrogens with one attached hydrogen (secondary N) is 1. The van der Waals surface area contributed by atoms with Crippen LogP contribution in [0.2, 0.25) is 0 Å². The summed E-state index contributed by atoms with van der Waals surface area (Å²) in [7, 11) is 0. The number of aromatic nitrogens is 1. The van der Waals surface area contributed by atoms with E-state index in [4.69, 9.17) is 5.73 Å². The van der Waals surface area contributed by atoms with Crippen LogP contribution < -0.4 is 16.0 Å². The minimum atomic E-state index is -0.0742. The minimum absolute atomic E-state index is 0. The second-order valence-corrected chi connectivity index (χ2v) is 6.15. The van der Waals surface area contributed by atoms with Crippen LogP contribution in [-0.2, 0) is 13.1 Å². The summed E-state index contributed by atoms with van der Waals surface area (Å²) in [5, 5.41) is 2.97. The van der Waals surface area contributed by atoms with Gasteiger partial charge in [0, 0.05) is 37.9 Å². The maximum absolute atomic E-state index is 12.2. The van der Waals surface area contributed by atoms with Gasteiger partial charge in [-0.05, 0) is 54.7 Å². The average molecular weight is 361 g/mol. The number of pyridine rings is 1. The molecule has 0 spiro atoms. The summed E-state index contributed by atoms with van der Waals surface area (Å²) >= 11 is 0. The largest absolute Gasteiger partial charge is 0.357 e. The Hall–Kier alpha value is -2.11. The Bertz CT molecular complexity index is 684. The number of hydrogen-bond acceptors (Lipinski definition) is 4. The fourth-order valence-electron chi connectivity index (χ4n) is 2.94. The van der Waals surface area contributed by atoms with Crippen molar-refractivity contribution in [1.29, 1.82) is 0 Å². The van der Waals surface area contributed by atoms with Gasteiger partial charge in [0.1, 0.15) is 5.82 Å². The molecule has 0 atom stereocenters. The first kappa shape index (κ1) is 19.2. The zero-order valence-corrected chi connectivity index (χ0v) is 15.1. The second kappa shape index (κ2) is 9.39. The van der Waals surface area contributed by atoms with Crippen LogP contribution >= 0.6 is 12.4 Å². The number of nitrogens with two attached hydrogens (primary N) is 1. The fourth-order valence-corrected chi connectivity index (χ4v) is 2.94. The monoisotopic (exact) mass is 360 g/mol. The molecule has 25 heavy (non-hydrogen) atoms. The Kier molecular flexibility index (Phi) is 7.22. The minimum Gasteiger partial charge on any atom is -0.357 e. The summed E-state index contributed by atoms with van der Waals surface area (Å²) in [6, 6.07) is 11.4. The summed E-state index contributed by atoms with van der Waals surface area (Å²) in [4.78, 5) is 19.0. The summed E-state index contributed by atoms with van der Waals surface area (Å²) in [5.41, 5.74) is 8.31. The maximum atomic E-state index is 12.2. The Morgan fingerprint density at radius 2 is 1.80 bits per heavy atom. The predicted molar refractivity (Wildman–Crippen MR) is 103 cm³/mol. The normalized spacial score (nSPS) is 13.9. The number of carbonyl (C=O) groups excluding carboxylic acids is 1. The lowest BCUT2D eigenvalue weighted by Gasteiger charge is -2.27. The number of amides is 1. The van der Waals surface area contributed by atoms with E-state index < -0.39 is 0 Å². The number of carbonyl (C=O) groups is 1. The molecule has 2 aromatic rings. The number of anilines is 1. The van der Waals surface area contributed by atoms with Gasteiger partial charge >= 0.3 is 0 Å². The van der Waals surface area contributed by atoms with Crippen molar-refractivity contribution >= 4 is 24.1 Å². The van der Waals surface area contributed by atoms with Crippen molar-refractivity contribution < 1.29 is 4.79 Å². The number of nitrogens with zero attached hydrogens (tertiary/aromatic N) is 2. The number of piperidine rings is 1. The van der Waals surface area contributed by atoms with Gasteiger partial charge in [-0.2, -0.15) is 0 Å². The van der Waals surface area contributed by atoms with Gasteiger partial charge < -0.3 is 16.0 Å². The highest BCUT2D eigenvalue weighted by Gasteiger charge is 2.12. The van der Waals surface area contributed by atoms with Gasteiger partial charge in [0.2, 0.25) is 0 Å². The van der Waals surface area contributed by atoms with Crippen molar-refractivity contribution in [1.82, 2.24) is 10.3 Å². The molecule has 3 N–H and O–H groups in total. The van der Waals surface area contributed by atoms with E-state index in [1.54, 1.807) is 0 Å². The average Bonchev–Trinajstić information content (AvgIpc) is 2.67. The zero-order valence-electron chi connectivity index (χ0n) is 14.3. The molecular formula is C19H25ClN4O. The van der Waals surface area contributed by atoms with Crippen LogP contribution in [0.25, 0.3) is 0 Å². The quantitative estimate of drug-likeness (QED) is 0.860. The molecule has 134 valence electrons. The molecule has 1 aliphatic rings. The van der Waals surface area contributed by atoms with Crippen LogP contribution in [0.4, 0.5) is 5.82 Å². The third-order valence-electron chi connectivity index (χ3n) is 4.39. The highest BCUT2D eigenvalue weighted by molar-refractivity contribution is 5.94. The van der Waals surface area contributed by atoms with Gasteiger partial charge in [-0.1, -0.05) is 12.1 Å². The van der Waals surface area contributed by atoms with E-state index in [1.807, 2.05) is 36.5 Å². The molecule has 0 radical (unpaired) electrons. The highest BCUT2D eigenvalue weighted by Crippen LogP contribution is 2.18. The van der Waals surface area contributed by atoms with Crippen LogP contribution in [0.1, 0.15) is 40.7 Å². The molecule has 6 heteroatoms. The molecule has 1 amide bonds. The van der Waals surface area contributed by atoms with Crippen LogP contribution in [0, 0.1) is 0 Å². The van der Waals surface area contributed by atoms with Crippen LogP contribution in [-0.4, -0.2) is 24.0 Å². The summed E-state index contributed by atoms with van der Waals surface area (Å²) in [6.45, 7) is 3.12. The number of hydrogen-bond donors (Lipinski definition) is 2. The van der Waals surface area contributed by atoms with Crippen molar-refractivity contribution in [2.24, 2.45) is 5.73 Å². The van der Waals surface area contributed by atoms with E-state index in [1.165, 1.54) is 19.3 Å². The molecular weight excluding hydrogens is 336 g/mol. The van der Waals surface area contributed by atoms with Crippen molar-refractivity contribution in [2.75, 3.05) is 18.0 Å². The first-order valence-corrected chi connectivity index (χ1v) is 8.53. The van der Waals surface area contributed by atoms with E-state index >= 15 is 0 Å². The standard InChI is InChI=1S/C19H24N4O.ClH/c20-13-15-4-6-17(7-5-15)19(24)22-14-16-8-9-21-18(12-16)23-10-2-1-3-11-23;/h4-9,12H,1-3,10-11,13-14,20H2,(H,22,24);1H. The first-order valence-electron chi connectivity index (χ1n) is 8.53. The van der Waals surface area contributed by atoms with Crippen molar-refractivity contribution in [2.45, 2.75) is 32.4 Å². The summed E-state index contributed by atoms with van der Waals surface area (Å²) < 4.78 is 0. The molecule has 0 bridgehead atoms. The van der Waals surface area contributed by atoms with E-state index in [2.05, 4.69) is 21.3 Å². The van der Waals surface area contributed by atoms with Crippen molar-refractivity contribution in [3.8, 4) is 0 Å². The molecule has 3 rings (SSSR count). The van der Waals surface area contributed by atoms with Gasteiger partial charge in [-0.15, -0.1) is 12.4 Å². The van der Waals surface area contributed by atoms with Gasteiger partial charge in [-0.3, -0.25) is 4.79 Å². The lowest BCUT2D eigenvalue weighted by atomic mass is 10.1. The van der Waals surface area contributed by atoms with Crippen LogP contribution in [0.3, 0.4) is 0 Å². The molecule has 1 saturated heterocycles. The molecule has 1 fully saturated rings.